The highest BCUT2D eigenvalue weighted by Crippen LogP contribution is 2.25. The maximum Gasteiger partial charge on any atom is 0.226 e. The minimum absolute atomic E-state index is 0.114. The van der Waals surface area contributed by atoms with E-state index in [9.17, 15) is 9.90 Å². The number of carbonyl (C=O) groups excluding carboxylic acids is 1. The predicted octanol–water partition coefficient (Wildman–Crippen LogP) is 2.67. The molecule has 2 fully saturated rings. The molecule has 2 aliphatic heterocycles. The van der Waals surface area contributed by atoms with Crippen LogP contribution in [0.4, 0.5) is 0 Å². The molecule has 0 bridgehead atoms. The molecule has 24 heavy (non-hydrogen) atoms. The van der Waals surface area contributed by atoms with E-state index in [0.717, 1.165) is 63.0 Å². The van der Waals surface area contributed by atoms with Crippen molar-refractivity contribution in [3.05, 3.63) is 34.9 Å². The Morgan fingerprint density at radius 3 is 2.71 bits per heavy atom. The Morgan fingerprint density at radius 1 is 1.21 bits per heavy atom. The van der Waals surface area contributed by atoms with Crippen LogP contribution in [0.5, 0.6) is 0 Å². The van der Waals surface area contributed by atoms with Crippen molar-refractivity contribution in [1.82, 2.24) is 9.80 Å². The number of aliphatic hydroxyl groups excluding tert-OH is 1. The van der Waals surface area contributed by atoms with Crippen molar-refractivity contribution >= 4 is 5.91 Å². The second kappa shape index (κ2) is 7.66. The molecule has 1 N–H and O–H groups in total. The van der Waals surface area contributed by atoms with E-state index in [1.165, 1.54) is 5.56 Å². The number of piperidine rings is 1. The second-order valence-corrected chi connectivity index (χ2v) is 7.51. The fourth-order valence-corrected chi connectivity index (χ4v) is 4.08. The number of nitrogens with zero attached hydrogens (tertiary/aromatic N) is 2. The number of β-amino-alcohol motifs (C(OH)–C–C–N with tert-alkyl or cyclic N) is 1. The highest BCUT2D eigenvalue weighted by Gasteiger charge is 2.31. The molecule has 2 saturated heterocycles. The number of amides is 1. The minimum Gasteiger partial charge on any atom is -0.387 e. The van der Waals surface area contributed by atoms with Crippen molar-refractivity contribution in [2.24, 2.45) is 5.92 Å². The summed E-state index contributed by atoms with van der Waals surface area (Å²) < 4.78 is 0. The molecule has 0 unspecified atom stereocenters. The monoisotopic (exact) mass is 330 g/mol. The summed E-state index contributed by atoms with van der Waals surface area (Å²) in [7, 11) is 0. The highest BCUT2D eigenvalue weighted by atomic mass is 16.3. The van der Waals surface area contributed by atoms with Crippen LogP contribution in [0.15, 0.2) is 18.2 Å². The Labute approximate surface area is 145 Å². The van der Waals surface area contributed by atoms with Gasteiger partial charge in [0.1, 0.15) is 0 Å². The normalized spacial score (nSPS) is 23.5. The van der Waals surface area contributed by atoms with E-state index in [4.69, 9.17) is 0 Å². The first-order valence-corrected chi connectivity index (χ1v) is 9.31. The molecule has 0 saturated carbocycles. The van der Waals surface area contributed by atoms with Gasteiger partial charge in [0.25, 0.3) is 0 Å². The van der Waals surface area contributed by atoms with Gasteiger partial charge in [-0.25, -0.2) is 0 Å². The number of hydrogen-bond donors (Lipinski definition) is 1. The molecule has 132 valence electrons. The smallest absolute Gasteiger partial charge is 0.226 e. The lowest BCUT2D eigenvalue weighted by molar-refractivity contribution is -0.136. The van der Waals surface area contributed by atoms with E-state index in [-0.39, 0.29) is 5.92 Å². The quantitative estimate of drug-likeness (QED) is 0.923. The number of benzene rings is 1. The van der Waals surface area contributed by atoms with E-state index in [1.54, 1.807) is 0 Å². The predicted molar refractivity (Wildman–Crippen MR) is 95.9 cm³/mol. The zero-order valence-corrected chi connectivity index (χ0v) is 15.0. The van der Waals surface area contributed by atoms with Gasteiger partial charge in [-0.2, -0.15) is 0 Å². The van der Waals surface area contributed by atoms with Crippen molar-refractivity contribution in [3.8, 4) is 0 Å². The van der Waals surface area contributed by atoms with Gasteiger partial charge in [-0.05, 0) is 57.2 Å². The van der Waals surface area contributed by atoms with Crippen LogP contribution in [-0.4, -0.2) is 53.5 Å². The maximum atomic E-state index is 12.6. The molecule has 0 aliphatic carbocycles. The van der Waals surface area contributed by atoms with Crippen molar-refractivity contribution in [1.29, 1.82) is 0 Å². The van der Waals surface area contributed by atoms with Gasteiger partial charge in [-0.3, -0.25) is 9.69 Å². The Balaban J connectivity index is 1.60. The SMILES string of the molecule is Cc1ccc(C)c([C@H](O)CN2CCC[C@@H](C(=O)N3CCCC3)C2)c1. The number of likely N-dealkylation sites (tertiary alicyclic amines) is 2. The number of rotatable bonds is 4. The average Bonchev–Trinajstić information content (AvgIpc) is 3.11. The lowest BCUT2D eigenvalue weighted by atomic mass is 9.95. The zero-order valence-electron chi connectivity index (χ0n) is 15.0. The number of hydrogen-bond acceptors (Lipinski definition) is 3. The lowest BCUT2D eigenvalue weighted by Gasteiger charge is -2.35. The summed E-state index contributed by atoms with van der Waals surface area (Å²) in [4.78, 5) is 16.9. The van der Waals surface area contributed by atoms with Crippen LogP contribution >= 0.6 is 0 Å². The van der Waals surface area contributed by atoms with Gasteiger partial charge < -0.3 is 10.0 Å². The molecular formula is C20H30N2O2. The van der Waals surface area contributed by atoms with E-state index >= 15 is 0 Å². The van der Waals surface area contributed by atoms with Gasteiger partial charge in [0.2, 0.25) is 5.91 Å². The fourth-order valence-electron chi connectivity index (χ4n) is 4.08. The molecule has 1 amide bonds. The Hall–Kier alpha value is -1.39. The van der Waals surface area contributed by atoms with Crippen molar-refractivity contribution in [3.63, 3.8) is 0 Å². The molecule has 2 aliphatic rings. The van der Waals surface area contributed by atoms with E-state index in [2.05, 4.69) is 30.0 Å². The van der Waals surface area contributed by atoms with Crippen LogP contribution in [0.3, 0.4) is 0 Å². The summed E-state index contributed by atoms with van der Waals surface area (Å²) in [5.74, 6) is 0.445. The van der Waals surface area contributed by atoms with Crippen LogP contribution < -0.4 is 0 Å². The molecule has 3 rings (SSSR count). The van der Waals surface area contributed by atoms with Crippen LogP contribution in [0.25, 0.3) is 0 Å². The third kappa shape index (κ3) is 3.98. The molecule has 1 aromatic rings. The van der Waals surface area contributed by atoms with E-state index in [0.29, 0.717) is 12.5 Å². The third-order valence-corrected chi connectivity index (χ3v) is 5.50. The molecule has 2 atom stereocenters. The van der Waals surface area contributed by atoms with Gasteiger partial charge >= 0.3 is 0 Å². The first-order chi connectivity index (χ1) is 11.5. The molecular weight excluding hydrogens is 300 g/mol. The number of aryl methyl sites for hydroxylation is 2. The first kappa shape index (κ1) is 17.4. The molecule has 2 heterocycles. The molecule has 0 spiro atoms. The van der Waals surface area contributed by atoms with Gasteiger partial charge in [0.05, 0.1) is 12.0 Å². The topological polar surface area (TPSA) is 43.8 Å². The Morgan fingerprint density at radius 2 is 1.96 bits per heavy atom. The van der Waals surface area contributed by atoms with Gasteiger partial charge in [0, 0.05) is 26.2 Å². The highest BCUT2D eigenvalue weighted by molar-refractivity contribution is 5.79. The molecule has 0 radical (unpaired) electrons. The maximum absolute atomic E-state index is 12.6. The summed E-state index contributed by atoms with van der Waals surface area (Å²) in [6, 6.07) is 6.23. The zero-order chi connectivity index (χ0) is 17.1. The minimum atomic E-state index is -0.481. The molecule has 1 aromatic carbocycles. The Kier molecular flexibility index (Phi) is 5.57. The number of carbonyl (C=O) groups is 1. The summed E-state index contributed by atoms with van der Waals surface area (Å²) in [6.45, 7) is 8.35. The average molecular weight is 330 g/mol. The first-order valence-electron chi connectivity index (χ1n) is 9.31. The standard InChI is InChI=1S/C20H30N2O2/c1-15-7-8-16(2)18(12-15)19(23)14-21-9-5-6-17(13-21)20(24)22-10-3-4-11-22/h7-8,12,17,19,23H,3-6,9-11,13-14H2,1-2H3/t17-,19-/m1/s1. The van der Waals surface area contributed by atoms with Crippen LogP contribution in [-0.2, 0) is 4.79 Å². The second-order valence-electron chi connectivity index (χ2n) is 7.51. The summed E-state index contributed by atoms with van der Waals surface area (Å²) in [5, 5.41) is 10.7. The van der Waals surface area contributed by atoms with Crippen LogP contribution in [0.1, 0.15) is 48.5 Å². The van der Waals surface area contributed by atoms with E-state index < -0.39 is 6.10 Å². The van der Waals surface area contributed by atoms with Crippen molar-refractivity contribution in [2.75, 3.05) is 32.7 Å². The van der Waals surface area contributed by atoms with Gasteiger partial charge in [-0.15, -0.1) is 0 Å². The summed E-state index contributed by atoms with van der Waals surface area (Å²) in [5.41, 5.74) is 3.33. The Bertz CT molecular complexity index is 581. The summed E-state index contributed by atoms with van der Waals surface area (Å²) >= 11 is 0. The van der Waals surface area contributed by atoms with E-state index in [1.807, 2.05) is 11.8 Å². The molecule has 4 nitrogen and oxygen atoms in total. The summed E-state index contributed by atoms with van der Waals surface area (Å²) in [6.07, 6.45) is 3.85. The van der Waals surface area contributed by atoms with Crippen LogP contribution in [0.2, 0.25) is 0 Å². The fraction of sp³-hybridized carbons (Fsp3) is 0.650. The van der Waals surface area contributed by atoms with Crippen molar-refractivity contribution < 1.29 is 9.90 Å². The van der Waals surface area contributed by atoms with Gasteiger partial charge in [0.15, 0.2) is 0 Å². The lowest BCUT2D eigenvalue weighted by Crippen LogP contribution is -2.45. The van der Waals surface area contributed by atoms with Gasteiger partial charge in [-0.1, -0.05) is 23.8 Å². The van der Waals surface area contributed by atoms with Crippen LogP contribution in [0, 0.1) is 19.8 Å². The third-order valence-electron chi connectivity index (χ3n) is 5.50. The molecule has 0 aromatic heterocycles. The molecule has 4 heteroatoms. The largest absolute Gasteiger partial charge is 0.387 e. The number of aliphatic hydroxyl groups is 1. The van der Waals surface area contributed by atoms with Crippen molar-refractivity contribution in [2.45, 2.75) is 45.6 Å².